The molecule has 2 N–H and O–H groups in total. The summed E-state index contributed by atoms with van der Waals surface area (Å²) in [4.78, 5) is 9.33. The van der Waals surface area contributed by atoms with Crippen LogP contribution in [0.15, 0.2) is 0 Å². The maximum absolute atomic E-state index is 5.66. The largest absolute Gasteiger partial charge is 0.378 e. The lowest BCUT2D eigenvalue weighted by atomic mass is 9.95. The number of nitrogens with zero attached hydrogens (tertiary/aromatic N) is 2. The van der Waals surface area contributed by atoms with Crippen molar-refractivity contribution in [3.05, 3.63) is 11.4 Å². The highest BCUT2D eigenvalue weighted by molar-refractivity contribution is 5.57. The molecule has 1 aliphatic rings. The molecule has 1 aliphatic heterocycles. The second kappa shape index (κ2) is 6.60. The number of aromatic nitrogens is 2. The smallest absolute Gasteiger partial charge is 0.138 e. The minimum atomic E-state index is -0.0652. The third kappa shape index (κ3) is 4.06. The van der Waals surface area contributed by atoms with E-state index in [9.17, 15) is 0 Å². The summed E-state index contributed by atoms with van der Waals surface area (Å²) < 4.78 is 5.66. The Morgan fingerprint density at radius 1 is 1.24 bits per heavy atom. The predicted octanol–water partition coefficient (Wildman–Crippen LogP) is 3.11. The van der Waals surface area contributed by atoms with Gasteiger partial charge in [0, 0.05) is 31.2 Å². The summed E-state index contributed by atoms with van der Waals surface area (Å²) in [7, 11) is 1.90. The van der Waals surface area contributed by atoms with Crippen molar-refractivity contribution in [1.82, 2.24) is 9.97 Å². The van der Waals surface area contributed by atoms with Crippen molar-refractivity contribution in [1.29, 1.82) is 0 Å². The zero-order valence-corrected chi connectivity index (χ0v) is 13.9. The Morgan fingerprint density at radius 2 is 1.95 bits per heavy atom. The number of ether oxygens (including phenoxy) is 1. The van der Waals surface area contributed by atoms with E-state index >= 15 is 0 Å². The average Bonchev–Trinajstić information content (AvgIpc) is 2.92. The van der Waals surface area contributed by atoms with Gasteiger partial charge in [0.05, 0.1) is 6.10 Å². The van der Waals surface area contributed by atoms with Crippen LogP contribution in [0.5, 0.6) is 0 Å². The molecule has 0 aliphatic carbocycles. The van der Waals surface area contributed by atoms with E-state index in [0.717, 1.165) is 42.6 Å². The highest BCUT2D eigenvalue weighted by atomic mass is 16.5. The molecule has 1 unspecified atom stereocenters. The number of anilines is 2. The first-order valence-electron chi connectivity index (χ1n) is 7.84. The van der Waals surface area contributed by atoms with Crippen LogP contribution in [0.4, 0.5) is 11.6 Å². The van der Waals surface area contributed by atoms with Gasteiger partial charge in [-0.25, -0.2) is 9.97 Å². The molecule has 5 heteroatoms. The van der Waals surface area contributed by atoms with E-state index in [2.05, 4.69) is 36.4 Å². The van der Waals surface area contributed by atoms with Crippen LogP contribution in [0, 0.1) is 6.92 Å². The van der Waals surface area contributed by atoms with Gasteiger partial charge in [-0.2, -0.15) is 0 Å². The highest BCUT2D eigenvalue weighted by Gasteiger charge is 2.21. The van der Waals surface area contributed by atoms with Crippen LogP contribution >= 0.6 is 0 Å². The molecule has 118 valence electrons. The van der Waals surface area contributed by atoms with Gasteiger partial charge in [0.25, 0.3) is 0 Å². The molecule has 0 amide bonds. The summed E-state index contributed by atoms with van der Waals surface area (Å²) in [5.74, 6) is 2.68. The molecule has 0 spiro atoms. The van der Waals surface area contributed by atoms with Crippen molar-refractivity contribution < 1.29 is 4.74 Å². The van der Waals surface area contributed by atoms with Crippen LogP contribution < -0.4 is 10.6 Å². The maximum atomic E-state index is 5.66. The van der Waals surface area contributed by atoms with Crippen LogP contribution in [0.3, 0.4) is 0 Å². The number of hydrogen-bond donors (Lipinski definition) is 2. The van der Waals surface area contributed by atoms with Crippen LogP contribution in [0.2, 0.25) is 0 Å². The molecule has 2 heterocycles. The van der Waals surface area contributed by atoms with Crippen LogP contribution in [-0.4, -0.2) is 36.3 Å². The lowest BCUT2D eigenvalue weighted by Crippen LogP contribution is -2.20. The first-order chi connectivity index (χ1) is 9.91. The predicted molar refractivity (Wildman–Crippen MR) is 87.1 cm³/mol. The van der Waals surface area contributed by atoms with Crippen molar-refractivity contribution in [2.24, 2.45) is 0 Å². The summed E-state index contributed by atoms with van der Waals surface area (Å²) in [6, 6.07) is 0. The summed E-state index contributed by atoms with van der Waals surface area (Å²) in [5.41, 5.74) is 1.00. The fourth-order valence-electron chi connectivity index (χ4n) is 2.49. The Morgan fingerprint density at radius 3 is 2.52 bits per heavy atom. The van der Waals surface area contributed by atoms with E-state index in [0.29, 0.717) is 6.10 Å². The van der Waals surface area contributed by atoms with E-state index in [1.807, 2.05) is 14.0 Å². The Balaban J connectivity index is 2.09. The second-order valence-corrected chi connectivity index (χ2v) is 6.72. The highest BCUT2D eigenvalue weighted by Crippen LogP contribution is 2.26. The number of rotatable bonds is 5. The van der Waals surface area contributed by atoms with E-state index in [-0.39, 0.29) is 5.41 Å². The summed E-state index contributed by atoms with van der Waals surface area (Å²) in [6.45, 7) is 10.2. The Labute approximate surface area is 127 Å². The molecule has 2 rings (SSSR count). The Hall–Kier alpha value is -1.36. The second-order valence-electron chi connectivity index (χ2n) is 6.72. The van der Waals surface area contributed by atoms with E-state index < -0.39 is 0 Å². The maximum Gasteiger partial charge on any atom is 0.138 e. The van der Waals surface area contributed by atoms with Gasteiger partial charge < -0.3 is 15.4 Å². The first-order valence-corrected chi connectivity index (χ1v) is 7.84. The van der Waals surface area contributed by atoms with Crippen molar-refractivity contribution in [2.75, 3.05) is 30.8 Å². The normalized spacial score (nSPS) is 18.8. The van der Waals surface area contributed by atoms with Crippen molar-refractivity contribution in [3.8, 4) is 0 Å². The fraction of sp³-hybridized carbons (Fsp3) is 0.750. The van der Waals surface area contributed by atoms with Crippen LogP contribution in [-0.2, 0) is 10.2 Å². The topological polar surface area (TPSA) is 59.1 Å². The van der Waals surface area contributed by atoms with Crippen molar-refractivity contribution in [2.45, 2.75) is 58.5 Å². The van der Waals surface area contributed by atoms with E-state index in [1.165, 1.54) is 12.8 Å². The van der Waals surface area contributed by atoms with Gasteiger partial charge >= 0.3 is 0 Å². The first kappa shape index (κ1) is 16.0. The third-order valence-corrected chi connectivity index (χ3v) is 3.84. The molecule has 1 atom stereocenters. The molecule has 1 aromatic rings. The zero-order chi connectivity index (χ0) is 15.5. The summed E-state index contributed by atoms with van der Waals surface area (Å²) >= 11 is 0. The average molecular weight is 292 g/mol. The van der Waals surface area contributed by atoms with Crippen LogP contribution in [0.1, 0.15) is 51.4 Å². The molecule has 1 aromatic heterocycles. The minimum Gasteiger partial charge on any atom is -0.378 e. The number of hydrogen-bond acceptors (Lipinski definition) is 5. The van der Waals surface area contributed by atoms with Gasteiger partial charge in [0.15, 0.2) is 0 Å². The SMILES string of the molecule is CNc1nc(C(C)(C)C)nc(NCCC2CCCO2)c1C. The Kier molecular flexibility index (Phi) is 5.04. The fourth-order valence-corrected chi connectivity index (χ4v) is 2.49. The van der Waals surface area contributed by atoms with Gasteiger partial charge in [0.2, 0.25) is 0 Å². The minimum absolute atomic E-state index is 0.0652. The summed E-state index contributed by atoms with van der Waals surface area (Å²) in [5, 5.41) is 6.62. The lowest BCUT2D eigenvalue weighted by molar-refractivity contribution is 0.107. The van der Waals surface area contributed by atoms with E-state index in [4.69, 9.17) is 9.72 Å². The van der Waals surface area contributed by atoms with E-state index in [1.54, 1.807) is 0 Å². The monoisotopic (exact) mass is 292 g/mol. The summed E-state index contributed by atoms with van der Waals surface area (Å²) in [6.07, 6.45) is 3.81. The van der Waals surface area contributed by atoms with Crippen LogP contribution in [0.25, 0.3) is 0 Å². The van der Waals surface area contributed by atoms with Crippen molar-refractivity contribution >= 4 is 11.6 Å². The zero-order valence-electron chi connectivity index (χ0n) is 13.9. The van der Waals surface area contributed by atoms with Gasteiger partial charge in [-0.1, -0.05) is 20.8 Å². The standard InChI is InChI=1S/C16H28N4O/c1-11-13(17-5)19-15(16(2,3)4)20-14(11)18-9-8-12-7-6-10-21-12/h12H,6-10H2,1-5H3,(H2,17,18,19,20). The molecule has 21 heavy (non-hydrogen) atoms. The van der Waals surface area contributed by atoms with Gasteiger partial charge in [-0.15, -0.1) is 0 Å². The molecule has 0 aromatic carbocycles. The molecule has 1 saturated heterocycles. The van der Waals surface area contributed by atoms with Crippen molar-refractivity contribution in [3.63, 3.8) is 0 Å². The molecule has 1 fully saturated rings. The number of nitrogens with one attached hydrogen (secondary N) is 2. The quantitative estimate of drug-likeness (QED) is 0.873. The van der Waals surface area contributed by atoms with Gasteiger partial charge in [0.1, 0.15) is 17.5 Å². The molecule has 5 nitrogen and oxygen atoms in total. The molecular weight excluding hydrogens is 264 g/mol. The Bertz CT molecular complexity index is 476. The molecule has 0 radical (unpaired) electrons. The molecule has 0 saturated carbocycles. The molecule has 0 bridgehead atoms. The lowest BCUT2D eigenvalue weighted by Gasteiger charge is -2.21. The third-order valence-electron chi connectivity index (χ3n) is 3.84. The van der Waals surface area contributed by atoms with Gasteiger partial charge in [-0.05, 0) is 26.2 Å². The molecular formula is C16H28N4O. The van der Waals surface area contributed by atoms with Gasteiger partial charge in [-0.3, -0.25) is 0 Å².